The summed E-state index contributed by atoms with van der Waals surface area (Å²) in [4.78, 5) is 12.0. The van der Waals surface area contributed by atoms with Crippen molar-refractivity contribution in [2.75, 3.05) is 22.4 Å². The fourth-order valence-electron chi connectivity index (χ4n) is 1.92. The summed E-state index contributed by atoms with van der Waals surface area (Å²) in [5.74, 6) is -3.20. The van der Waals surface area contributed by atoms with E-state index < -0.39 is 39.9 Å². The van der Waals surface area contributed by atoms with Crippen LogP contribution in [0.4, 0.5) is 24.5 Å². The van der Waals surface area contributed by atoms with E-state index in [2.05, 4.69) is 5.32 Å². The molecule has 1 N–H and O–H groups in total. The van der Waals surface area contributed by atoms with Gasteiger partial charge in [-0.15, -0.1) is 0 Å². The lowest BCUT2D eigenvalue weighted by Gasteiger charge is -2.21. The van der Waals surface area contributed by atoms with E-state index in [0.29, 0.717) is 6.07 Å². The summed E-state index contributed by atoms with van der Waals surface area (Å²) >= 11 is 0. The van der Waals surface area contributed by atoms with Gasteiger partial charge in [0.05, 0.1) is 17.6 Å². The number of hydrogen-bond acceptors (Lipinski definition) is 3. The van der Waals surface area contributed by atoms with E-state index >= 15 is 0 Å². The zero-order chi connectivity index (χ0) is 17.9. The molecule has 0 spiro atoms. The highest BCUT2D eigenvalue weighted by molar-refractivity contribution is 7.92. The van der Waals surface area contributed by atoms with Crippen molar-refractivity contribution < 1.29 is 26.4 Å². The van der Waals surface area contributed by atoms with Crippen molar-refractivity contribution in [1.29, 1.82) is 0 Å². The lowest BCUT2D eigenvalue weighted by atomic mass is 10.3. The van der Waals surface area contributed by atoms with Gasteiger partial charge in [-0.1, -0.05) is 0 Å². The third-order valence-electron chi connectivity index (χ3n) is 3.01. The van der Waals surface area contributed by atoms with Gasteiger partial charge in [0.15, 0.2) is 0 Å². The minimum absolute atomic E-state index is 0.0774. The number of halogens is 3. The normalized spacial score (nSPS) is 11.2. The van der Waals surface area contributed by atoms with Gasteiger partial charge in [-0.2, -0.15) is 0 Å². The molecule has 5 nitrogen and oxygen atoms in total. The van der Waals surface area contributed by atoms with Crippen molar-refractivity contribution in [3.8, 4) is 0 Å². The smallest absolute Gasteiger partial charge is 0.245 e. The van der Waals surface area contributed by atoms with E-state index in [9.17, 15) is 26.4 Å². The SMILES string of the molecule is CS(=O)(=O)N(CC(=O)Nc1ccc(F)cc1F)c1ccc(F)cc1. The minimum Gasteiger partial charge on any atom is -0.322 e. The number of nitrogens with zero attached hydrogens (tertiary/aromatic N) is 1. The number of hydrogen-bond donors (Lipinski definition) is 1. The first kappa shape index (κ1) is 17.8. The van der Waals surface area contributed by atoms with E-state index in [-0.39, 0.29) is 11.4 Å². The molecule has 0 bridgehead atoms. The van der Waals surface area contributed by atoms with Crippen molar-refractivity contribution in [1.82, 2.24) is 0 Å². The first-order chi connectivity index (χ1) is 11.2. The molecule has 0 unspecified atom stereocenters. The summed E-state index contributed by atoms with van der Waals surface area (Å²) in [6.07, 6.45) is 0.877. The Kier molecular flexibility index (Phi) is 5.13. The van der Waals surface area contributed by atoms with E-state index in [1.165, 1.54) is 12.1 Å². The molecule has 0 aliphatic rings. The van der Waals surface area contributed by atoms with Crippen LogP contribution in [0, 0.1) is 17.5 Å². The molecular weight excluding hydrogens is 345 g/mol. The lowest BCUT2D eigenvalue weighted by molar-refractivity contribution is -0.114. The van der Waals surface area contributed by atoms with Gasteiger partial charge in [-0.3, -0.25) is 9.10 Å². The van der Waals surface area contributed by atoms with Crippen LogP contribution in [0.15, 0.2) is 42.5 Å². The van der Waals surface area contributed by atoms with Crippen LogP contribution in [0.5, 0.6) is 0 Å². The highest BCUT2D eigenvalue weighted by atomic mass is 32.2. The number of carbonyl (C=O) groups excluding carboxylic acids is 1. The van der Waals surface area contributed by atoms with Gasteiger partial charge in [-0.25, -0.2) is 21.6 Å². The molecule has 0 saturated carbocycles. The second kappa shape index (κ2) is 6.91. The Hall–Kier alpha value is -2.55. The first-order valence-corrected chi connectivity index (χ1v) is 8.50. The molecule has 1 amide bonds. The van der Waals surface area contributed by atoms with Crippen molar-refractivity contribution >= 4 is 27.3 Å². The summed E-state index contributed by atoms with van der Waals surface area (Å²) in [6, 6.07) is 7.04. The Morgan fingerprint density at radius 3 is 2.17 bits per heavy atom. The van der Waals surface area contributed by atoms with Gasteiger partial charge < -0.3 is 5.32 Å². The van der Waals surface area contributed by atoms with Gasteiger partial charge in [0.25, 0.3) is 0 Å². The molecule has 2 aromatic rings. The lowest BCUT2D eigenvalue weighted by Crippen LogP contribution is -2.37. The molecule has 9 heteroatoms. The Morgan fingerprint density at radius 2 is 1.62 bits per heavy atom. The average Bonchev–Trinajstić information content (AvgIpc) is 2.48. The zero-order valence-electron chi connectivity index (χ0n) is 12.5. The third kappa shape index (κ3) is 4.48. The van der Waals surface area contributed by atoms with Gasteiger partial charge in [-0.05, 0) is 36.4 Å². The summed E-state index contributed by atoms with van der Waals surface area (Å²) in [6.45, 7) is -0.652. The number of anilines is 2. The molecule has 0 aliphatic heterocycles. The number of carbonyl (C=O) groups is 1. The van der Waals surface area contributed by atoms with Gasteiger partial charge in [0.2, 0.25) is 15.9 Å². The van der Waals surface area contributed by atoms with Crippen LogP contribution in [0.1, 0.15) is 0 Å². The number of sulfonamides is 1. The van der Waals surface area contributed by atoms with E-state index in [0.717, 1.165) is 34.8 Å². The summed E-state index contributed by atoms with van der Waals surface area (Å²) in [5.41, 5.74) is -0.206. The Bertz CT molecular complexity index is 855. The number of amides is 1. The molecule has 24 heavy (non-hydrogen) atoms. The molecule has 0 aromatic heterocycles. The monoisotopic (exact) mass is 358 g/mol. The molecule has 0 heterocycles. The van der Waals surface area contributed by atoms with E-state index in [1.54, 1.807) is 0 Å². The molecule has 0 aliphatic carbocycles. The first-order valence-electron chi connectivity index (χ1n) is 6.65. The van der Waals surface area contributed by atoms with Gasteiger partial charge in [0, 0.05) is 6.07 Å². The summed E-state index contributed by atoms with van der Waals surface area (Å²) < 4.78 is 63.7. The van der Waals surface area contributed by atoms with E-state index in [1.807, 2.05) is 0 Å². The fourth-order valence-corrected chi connectivity index (χ4v) is 2.77. The van der Waals surface area contributed by atoms with Crippen LogP contribution >= 0.6 is 0 Å². The molecule has 0 atom stereocenters. The molecule has 0 radical (unpaired) electrons. The topological polar surface area (TPSA) is 66.5 Å². The van der Waals surface area contributed by atoms with Crippen LogP contribution in [-0.2, 0) is 14.8 Å². The van der Waals surface area contributed by atoms with Gasteiger partial charge in [0.1, 0.15) is 24.0 Å². The van der Waals surface area contributed by atoms with Crippen molar-refractivity contribution in [2.24, 2.45) is 0 Å². The van der Waals surface area contributed by atoms with Crippen LogP contribution in [0.2, 0.25) is 0 Å². The molecule has 0 fully saturated rings. The Balaban J connectivity index is 2.20. The summed E-state index contributed by atoms with van der Waals surface area (Å²) in [7, 11) is -3.84. The number of rotatable bonds is 5. The summed E-state index contributed by atoms with van der Waals surface area (Å²) in [5, 5.41) is 2.16. The van der Waals surface area contributed by atoms with Crippen LogP contribution in [-0.4, -0.2) is 27.1 Å². The predicted octanol–water partition coefficient (Wildman–Crippen LogP) is 2.51. The molecule has 0 saturated heterocycles. The van der Waals surface area contributed by atoms with Crippen molar-refractivity contribution in [3.63, 3.8) is 0 Å². The third-order valence-corrected chi connectivity index (χ3v) is 4.15. The van der Waals surface area contributed by atoms with E-state index in [4.69, 9.17) is 0 Å². The minimum atomic E-state index is -3.84. The maximum Gasteiger partial charge on any atom is 0.245 e. The second-order valence-electron chi connectivity index (χ2n) is 4.92. The largest absolute Gasteiger partial charge is 0.322 e. The number of benzene rings is 2. The predicted molar refractivity (Wildman–Crippen MR) is 83.6 cm³/mol. The highest BCUT2D eigenvalue weighted by Gasteiger charge is 2.21. The highest BCUT2D eigenvalue weighted by Crippen LogP contribution is 2.19. The zero-order valence-corrected chi connectivity index (χ0v) is 13.3. The molecular formula is C15H13F3N2O3S. The fraction of sp³-hybridized carbons (Fsp3) is 0.133. The second-order valence-corrected chi connectivity index (χ2v) is 6.83. The molecule has 128 valence electrons. The maximum absolute atomic E-state index is 13.5. The van der Waals surface area contributed by atoms with Crippen LogP contribution in [0.25, 0.3) is 0 Å². The Labute approximate surface area is 136 Å². The Morgan fingerprint density at radius 1 is 1.04 bits per heavy atom. The number of nitrogens with one attached hydrogen (secondary N) is 1. The molecule has 2 rings (SSSR count). The van der Waals surface area contributed by atoms with Crippen molar-refractivity contribution in [2.45, 2.75) is 0 Å². The maximum atomic E-state index is 13.5. The van der Waals surface area contributed by atoms with Crippen LogP contribution < -0.4 is 9.62 Å². The van der Waals surface area contributed by atoms with Gasteiger partial charge >= 0.3 is 0 Å². The quantitative estimate of drug-likeness (QED) is 0.893. The standard InChI is InChI=1S/C15H13F3N2O3S/c1-24(22,23)20(12-5-2-10(16)3-6-12)9-15(21)19-14-7-4-11(17)8-13(14)18/h2-8H,9H2,1H3,(H,19,21). The van der Waals surface area contributed by atoms with Crippen LogP contribution in [0.3, 0.4) is 0 Å². The average molecular weight is 358 g/mol. The molecule has 2 aromatic carbocycles. The van der Waals surface area contributed by atoms with Crippen molar-refractivity contribution in [3.05, 3.63) is 59.9 Å².